The first-order chi connectivity index (χ1) is 9.57. The van der Waals surface area contributed by atoms with E-state index in [0.717, 1.165) is 24.3 Å². The van der Waals surface area contributed by atoms with Gasteiger partial charge in [-0.2, -0.15) is 0 Å². The van der Waals surface area contributed by atoms with Crippen molar-refractivity contribution in [2.45, 2.75) is 83.8 Å². The Balaban J connectivity index is 1.95. The summed E-state index contributed by atoms with van der Waals surface area (Å²) < 4.78 is 6.73. The van der Waals surface area contributed by atoms with Crippen molar-refractivity contribution in [1.29, 1.82) is 0 Å². The van der Waals surface area contributed by atoms with E-state index in [2.05, 4.69) is 33.1 Å². The molecule has 2 saturated carbocycles. The van der Waals surface area contributed by atoms with Crippen LogP contribution >= 0.6 is 0 Å². The molecule has 0 radical (unpaired) electrons. The highest BCUT2D eigenvalue weighted by Crippen LogP contribution is 2.40. The van der Waals surface area contributed by atoms with Crippen molar-refractivity contribution in [2.75, 3.05) is 13.6 Å². The molecule has 0 aromatic rings. The normalized spacial score (nSPS) is 42.6. The second-order valence-electron chi connectivity index (χ2n) is 7.72. The summed E-state index contributed by atoms with van der Waals surface area (Å²) in [4.78, 5) is 0. The predicted molar refractivity (Wildman–Crippen MR) is 86.0 cm³/mol. The van der Waals surface area contributed by atoms with Crippen molar-refractivity contribution in [3.63, 3.8) is 0 Å². The van der Waals surface area contributed by atoms with Gasteiger partial charge in [-0.1, -0.05) is 27.2 Å². The fraction of sp³-hybridized carbons (Fsp3) is 1.00. The molecule has 2 atom stereocenters. The lowest BCUT2D eigenvalue weighted by Crippen LogP contribution is -2.48. The molecular formula is C18H35NO. The van der Waals surface area contributed by atoms with Crippen molar-refractivity contribution < 1.29 is 4.74 Å². The molecule has 118 valence electrons. The van der Waals surface area contributed by atoms with E-state index in [1.165, 1.54) is 51.4 Å². The third-order valence-corrected chi connectivity index (χ3v) is 5.64. The molecule has 2 rings (SSSR count). The highest BCUT2D eigenvalue weighted by molar-refractivity contribution is 4.91. The maximum absolute atomic E-state index is 6.73. The first-order valence-corrected chi connectivity index (χ1v) is 8.89. The van der Waals surface area contributed by atoms with Crippen LogP contribution in [0.15, 0.2) is 0 Å². The van der Waals surface area contributed by atoms with E-state index in [1.807, 2.05) is 0 Å². The Morgan fingerprint density at radius 1 is 1.05 bits per heavy atom. The molecule has 1 N–H and O–H groups in total. The fourth-order valence-electron chi connectivity index (χ4n) is 4.59. The minimum atomic E-state index is 0.127. The molecule has 2 aliphatic carbocycles. The average molecular weight is 281 g/mol. The lowest BCUT2D eigenvalue weighted by Gasteiger charge is -2.44. The van der Waals surface area contributed by atoms with Gasteiger partial charge in [0.25, 0.3) is 0 Å². The van der Waals surface area contributed by atoms with Crippen LogP contribution in [0.3, 0.4) is 0 Å². The third kappa shape index (κ3) is 4.21. The summed E-state index contributed by atoms with van der Waals surface area (Å²) in [6, 6.07) is 0. The van der Waals surface area contributed by atoms with Gasteiger partial charge < -0.3 is 10.1 Å². The third-order valence-electron chi connectivity index (χ3n) is 5.64. The van der Waals surface area contributed by atoms with Crippen LogP contribution in [-0.2, 0) is 4.74 Å². The Morgan fingerprint density at radius 3 is 2.15 bits per heavy atom. The highest BCUT2D eigenvalue weighted by atomic mass is 16.5. The van der Waals surface area contributed by atoms with Gasteiger partial charge >= 0.3 is 0 Å². The van der Waals surface area contributed by atoms with Gasteiger partial charge in [-0.15, -0.1) is 0 Å². The molecule has 0 bridgehead atoms. The van der Waals surface area contributed by atoms with Gasteiger partial charge in [-0.3, -0.25) is 0 Å². The molecule has 2 heteroatoms. The summed E-state index contributed by atoms with van der Waals surface area (Å²) in [5.41, 5.74) is 0.127. The van der Waals surface area contributed by atoms with Gasteiger partial charge in [0.15, 0.2) is 0 Å². The number of rotatable bonds is 5. The zero-order chi connectivity index (χ0) is 14.6. The first-order valence-electron chi connectivity index (χ1n) is 8.89. The van der Waals surface area contributed by atoms with Gasteiger partial charge in [0.05, 0.1) is 11.7 Å². The molecular weight excluding hydrogens is 246 g/mol. The summed E-state index contributed by atoms with van der Waals surface area (Å²) in [5.74, 6) is 2.61. The van der Waals surface area contributed by atoms with E-state index in [-0.39, 0.29) is 5.60 Å². The minimum Gasteiger partial charge on any atom is -0.370 e. The first kappa shape index (κ1) is 16.3. The van der Waals surface area contributed by atoms with E-state index in [9.17, 15) is 0 Å². The number of likely N-dealkylation sites (N-methyl/N-ethyl adjacent to an activating group) is 1. The molecule has 2 aliphatic rings. The molecule has 0 saturated heterocycles. The van der Waals surface area contributed by atoms with Crippen molar-refractivity contribution >= 4 is 0 Å². The lowest BCUT2D eigenvalue weighted by atomic mass is 9.76. The van der Waals surface area contributed by atoms with Crippen LogP contribution in [-0.4, -0.2) is 25.3 Å². The number of nitrogens with one attached hydrogen (secondary N) is 1. The summed E-state index contributed by atoms with van der Waals surface area (Å²) in [7, 11) is 2.07. The number of hydrogen-bond donors (Lipinski definition) is 1. The maximum atomic E-state index is 6.73. The second kappa shape index (κ2) is 7.26. The van der Waals surface area contributed by atoms with E-state index >= 15 is 0 Å². The van der Waals surface area contributed by atoms with Gasteiger partial charge in [-0.25, -0.2) is 0 Å². The number of hydrogen-bond acceptors (Lipinski definition) is 2. The van der Waals surface area contributed by atoms with Crippen LogP contribution in [0.4, 0.5) is 0 Å². The molecule has 2 unspecified atom stereocenters. The van der Waals surface area contributed by atoms with Crippen LogP contribution in [0.5, 0.6) is 0 Å². The average Bonchev–Trinajstić information content (AvgIpc) is 2.38. The van der Waals surface area contributed by atoms with Crippen molar-refractivity contribution in [3.8, 4) is 0 Å². The van der Waals surface area contributed by atoms with Gasteiger partial charge in [0.1, 0.15) is 0 Å². The predicted octanol–water partition coefficient (Wildman–Crippen LogP) is 4.39. The van der Waals surface area contributed by atoms with Crippen LogP contribution < -0.4 is 5.32 Å². The van der Waals surface area contributed by atoms with Crippen LogP contribution in [0, 0.1) is 17.8 Å². The molecule has 20 heavy (non-hydrogen) atoms. The smallest absolute Gasteiger partial charge is 0.0810 e. The van der Waals surface area contributed by atoms with Crippen molar-refractivity contribution in [3.05, 3.63) is 0 Å². The van der Waals surface area contributed by atoms with Crippen molar-refractivity contribution in [2.24, 2.45) is 17.8 Å². The van der Waals surface area contributed by atoms with E-state index < -0.39 is 0 Å². The zero-order valence-corrected chi connectivity index (χ0v) is 14.1. The van der Waals surface area contributed by atoms with E-state index in [0.29, 0.717) is 6.10 Å². The largest absolute Gasteiger partial charge is 0.370 e. The molecule has 0 aromatic heterocycles. The van der Waals surface area contributed by atoms with Crippen molar-refractivity contribution in [1.82, 2.24) is 5.32 Å². The monoisotopic (exact) mass is 281 g/mol. The van der Waals surface area contributed by atoms with Gasteiger partial charge in [0, 0.05) is 6.54 Å². The van der Waals surface area contributed by atoms with E-state index in [1.54, 1.807) is 0 Å². The van der Waals surface area contributed by atoms with Gasteiger partial charge in [0.2, 0.25) is 0 Å². The Kier molecular flexibility index (Phi) is 5.92. The molecule has 0 aromatic carbocycles. The molecule has 2 fully saturated rings. The fourth-order valence-corrected chi connectivity index (χ4v) is 4.59. The molecule has 0 spiro atoms. The molecule has 0 amide bonds. The Bertz CT molecular complexity index is 273. The summed E-state index contributed by atoms with van der Waals surface area (Å²) in [6.45, 7) is 8.15. The summed E-state index contributed by atoms with van der Waals surface area (Å²) >= 11 is 0. The molecule has 0 aliphatic heterocycles. The van der Waals surface area contributed by atoms with Crippen LogP contribution in [0.1, 0.15) is 72.1 Å². The molecule has 0 heterocycles. The Morgan fingerprint density at radius 2 is 1.65 bits per heavy atom. The lowest BCUT2D eigenvalue weighted by molar-refractivity contribution is -0.136. The maximum Gasteiger partial charge on any atom is 0.0810 e. The van der Waals surface area contributed by atoms with Crippen LogP contribution in [0.2, 0.25) is 0 Å². The second-order valence-corrected chi connectivity index (χ2v) is 7.72. The van der Waals surface area contributed by atoms with Gasteiger partial charge in [-0.05, 0) is 69.7 Å². The van der Waals surface area contributed by atoms with Crippen LogP contribution in [0.25, 0.3) is 0 Å². The summed E-state index contributed by atoms with van der Waals surface area (Å²) in [6.07, 6.45) is 11.0. The Labute approximate surface area is 126 Å². The molecule has 2 nitrogen and oxygen atoms in total. The topological polar surface area (TPSA) is 21.3 Å². The highest BCUT2D eigenvalue weighted by Gasteiger charge is 2.38. The number of ether oxygens (including phenoxy) is 1. The Hall–Kier alpha value is -0.0800. The SMILES string of the molecule is CCC1CCC(CNC)(OC2CC(C)CC(C)C2)CC1. The zero-order valence-electron chi connectivity index (χ0n) is 14.1. The quantitative estimate of drug-likeness (QED) is 0.807. The standard InChI is InChI=1S/C18H35NO/c1-5-16-6-8-18(9-7-16,13-19-4)20-17-11-14(2)10-15(3)12-17/h14-17,19H,5-13H2,1-4H3. The summed E-state index contributed by atoms with van der Waals surface area (Å²) in [5, 5.41) is 3.40. The minimum absolute atomic E-state index is 0.127. The van der Waals surface area contributed by atoms with E-state index in [4.69, 9.17) is 4.74 Å².